The lowest BCUT2D eigenvalue weighted by atomic mass is 9.95. The number of nitrogens with zero attached hydrogens (tertiary/aromatic N) is 2. The highest BCUT2D eigenvalue weighted by molar-refractivity contribution is 5.71. The van der Waals surface area contributed by atoms with E-state index in [2.05, 4.69) is 0 Å². The number of carbonyl (C=O) groups excluding carboxylic acids is 1. The second-order valence-electron chi connectivity index (χ2n) is 5.79. The van der Waals surface area contributed by atoms with E-state index >= 15 is 0 Å². The van der Waals surface area contributed by atoms with Gasteiger partial charge in [-0.25, -0.2) is 0 Å². The smallest absolute Gasteiger partial charge is 0.269 e. The Kier molecular flexibility index (Phi) is 4.46. The summed E-state index contributed by atoms with van der Waals surface area (Å²) in [7, 11) is 1.62. The molecule has 0 amide bonds. The van der Waals surface area contributed by atoms with Gasteiger partial charge in [-0.15, -0.1) is 0 Å². The number of non-ortho nitro benzene ring substituents is 1. The Balaban J connectivity index is 1.92. The van der Waals surface area contributed by atoms with E-state index in [0.29, 0.717) is 19.4 Å². The molecular weight excluding hydrogens is 308 g/mol. The summed E-state index contributed by atoms with van der Waals surface area (Å²) in [6, 6.07) is 12.3. The minimum atomic E-state index is -0.389. The van der Waals surface area contributed by atoms with Crippen LogP contribution in [0.2, 0.25) is 0 Å². The minimum absolute atomic E-state index is 0.0858. The highest BCUT2D eigenvalue weighted by Crippen LogP contribution is 2.34. The number of ether oxygens (including phenoxy) is 1. The van der Waals surface area contributed by atoms with E-state index in [1.54, 1.807) is 19.2 Å². The molecule has 0 aromatic heterocycles. The van der Waals surface area contributed by atoms with Gasteiger partial charge in [0.05, 0.1) is 18.1 Å². The maximum atomic E-state index is 11.5. The number of nitro groups is 1. The van der Waals surface area contributed by atoms with Gasteiger partial charge in [0.25, 0.3) is 5.69 Å². The molecule has 1 atom stereocenters. The predicted octanol–water partition coefficient (Wildman–Crippen LogP) is 3.12. The predicted molar refractivity (Wildman–Crippen MR) is 90.4 cm³/mol. The molecule has 0 radical (unpaired) electrons. The molecule has 1 heterocycles. The number of aldehydes is 1. The maximum absolute atomic E-state index is 11.5. The van der Waals surface area contributed by atoms with Crippen molar-refractivity contribution in [2.24, 2.45) is 0 Å². The van der Waals surface area contributed by atoms with Crippen molar-refractivity contribution >= 4 is 17.7 Å². The van der Waals surface area contributed by atoms with Crippen molar-refractivity contribution in [1.82, 2.24) is 0 Å². The van der Waals surface area contributed by atoms with Crippen LogP contribution in [-0.2, 0) is 17.8 Å². The monoisotopic (exact) mass is 326 g/mol. The number of benzene rings is 2. The third-order valence-corrected chi connectivity index (χ3v) is 4.36. The molecule has 0 bridgehead atoms. The third kappa shape index (κ3) is 3.08. The van der Waals surface area contributed by atoms with Crippen LogP contribution in [0.25, 0.3) is 0 Å². The summed E-state index contributed by atoms with van der Waals surface area (Å²) in [5, 5.41) is 11.0. The van der Waals surface area contributed by atoms with Crippen LogP contribution >= 0.6 is 0 Å². The molecule has 6 heteroatoms. The van der Waals surface area contributed by atoms with Crippen molar-refractivity contribution in [2.45, 2.75) is 25.4 Å². The summed E-state index contributed by atoms with van der Waals surface area (Å²) >= 11 is 0. The molecule has 0 spiro atoms. The van der Waals surface area contributed by atoms with E-state index in [4.69, 9.17) is 4.74 Å². The SMILES string of the molecule is COc1ccc(CN2c3ccc([N+](=O)[O-])cc3CCC2C=O)cc1. The molecule has 0 saturated carbocycles. The standard InChI is InChI=1S/C18H18N2O4/c1-24-17-7-2-13(3-8-17)11-19-16(12-21)5-4-14-10-15(20(22)23)6-9-18(14)19/h2-3,6-10,12,16H,4-5,11H2,1H3. The molecule has 0 fully saturated rings. The van der Waals surface area contributed by atoms with E-state index in [0.717, 1.165) is 28.8 Å². The Morgan fingerprint density at radius 1 is 1.29 bits per heavy atom. The second-order valence-corrected chi connectivity index (χ2v) is 5.79. The molecule has 1 unspecified atom stereocenters. The Morgan fingerprint density at radius 3 is 2.67 bits per heavy atom. The van der Waals surface area contributed by atoms with Gasteiger partial charge in [0.1, 0.15) is 12.0 Å². The number of carbonyl (C=O) groups is 1. The van der Waals surface area contributed by atoms with E-state index in [9.17, 15) is 14.9 Å². The molecule has 2 aromatic rings. The topological polar surface area (TPSA) is 72.7 Å². The molecule has 0 N–H and O–H groups in total. The zero-order chi connectivity index (χ0) is 17.1. The number of hydrogen-bond acceptors (Lipinski definition) is 5. The second kappa shape index (κ2) is 6.70. The molecule has 3 rings (SSSR count). The number of fused-ring (bicyclic) bond motifs is 1. The highest BCUT2D eigenvalue weighted by Gasteiger charge is 2.27. The summed E-state index contributed by atoms with van der Waals surface area (Å²) in [6.07, 6.45) is 2.28. The lowest BCUT2D eigenvalue weighted by Crippen LogP contribution is -2.39. The van der Waals surface area contributed by atoms with Gasteiger partial charge in [0.15, 0.2) is 0 Å². The zero-order valence-corrected chi connectivity index (χ0v) is 13.3. The summed E-state index contributed by atoms with van der Waals surface area (Å²) in [5.74, 6) is 0.778. The van der Waals surface area contributed by atoms with Gasteiger partial charge in [-0.3, -0.25) is 10.1 Å². The normalized spacial score (nSPS) is 16.4. The Bertz CT molecular complexity index is 758. The molecule has 1 aliphatic heterocycles. The first kappa shape index (κ1) is 16.0. The Labute approximate surface area is 139 Å². The molecular formula is C18H18N2O4. The minimum Gasteiger partial charge on any atom is -0.497 e. The molecule has 0 saturated heterocycles. The van der Waals surface area contributed by atoms with Gasteiger partial charge in [-0.05, 0) is 42.2 Å². The molecule has 2 aromatic carbocycles. The van der Waals surface area contributed by atoms with E-state index in [1.165, 1.54) is 6.07 Å². The highest BCUT2D eigenvalue weighted by atomic mass is 16.6. The zero-order valence-electron chi connectivity index (χ0n) is 13.3. The van der Waals surface area contributed by atoms with E-state index in [1.807, 2.05) is 29.2 Å². The van der Waals surface area contributed by atoms with Crippen molar-refractivity contribution in [1.29, 1.82) is 0 Å². The number of nitro benzene ring substituents is 1. The van der Waals surface area contributed by atoms with Gasteiger partial charge >= 0.3 is 0 Å². The Morgan fingerprint density at radius 2 is 2.04 bits per heavy atom. The van der Waals surface area contributed by atoms with Crippen LogP contribution in [0.4, 0.5) is 11.4 Å². The van der Waals surface area contributed by atoms with Crippen LogP contribution in [-0.4, -0.2) is 24.4 Å². The van der Waals surface area contributed by atoms with Crippen molar-refractivity contribution in [3.05, 3.63) is 63.7 Å². The van der Waals surface area contributed by atoms with Crippen molar-refractivity contribution in [2.75, 3.05) is 12.0 Å². The fourth-order valence-electron chi connectivity index (χ4n) is 3.08. The first-order valence-electron chi connectivity index (χ1n) is 7.74. The van der Waals surface area contributed by atoms with Crippen LogP contribution in [0, 0.1) is 10.1 Å². The average molecular weight is 326 g/mol. The number of methoxy groups -OCH3 is 1. The maximum Gasteiger partial charge on any atom is 0.269 e. The van der Waals surface area contributed by atoms with Gasteiger partial charge in [0.2, 0.25) is 0 Å². The van der Waals surface area contributed by atoms with Crippen molar-refractivity contribution in [3.8, 4) is 5.75 Å². The molecule has 24 heavy (non-hydrogen) atoms. The van der Waals surface area contributed by atoms with Crippen LogP contribution < -0.4 is 9.64 Å². The van der Waals surface area contributed by atoms with Crippen LogP contribution in [0.3, 0.4) is 0 Å². The van der Waals surface area contributed by atoms with Crippen LogP contribution in [0.15, 0.2) is 42.5 Å². The van der Waals surface area contributed by atoms with E-state index in [-0.39, 0.29) is 16.7 Å². The van der Waals surface area contributed by atoms with Gasteiger partial charge in [0, 0.05) is 24.4 Å². The Hall–Kier alpha value is -2.89. The molecule has 6 nitrogen and oxygen atoms in total. The third-order valence-electron chi connectivity index (χ3n) is 4.36. The van der Waals surface area contributed by atoms with Gasteiger partial charge in [-0.2, -0.15) is 0 Å². The quantitative estimate of drug-likeness (QED) is 0.479. The number of aryl methyl sites for hydroxylation is 1. The largest absolute Gasteiger partial charge is 0.497 e. The first-order valence-corrected chi connectivity index (χ1v) is 7.74. The molecule has 124 valence electrons. The number of hydrogen-bond donors (Lipinski definition) is 0. The molecule has 0 aliphatic carbocycles. The van der Waals surface area contributed by atoms with Crippen molar-refractivity contribution < 1.29 is 14.5 Å². The van der Waals surface area contributed by atoms with E-state index < -0.39 is 0 Å². The summed E-state index contributed by atoms with van der Waals surface area (Å²) in [6.45, 7) is 0.568. The molecule has 1 aliphatic rings. The van der Waals surface area contributed by atoms with Crippen LogP contribution in [0.1, 0.15) is 17.5 Å². The van der Waals surface area contributed by atoms with Gasteiger partial charge < -0.3 is 14.4 Å². The van der Waals surface area contributed by atoms with Gasteiger partial charge in [-0.1, -0.05) is 12.1 Å². The van der Waals surface area contributed by atoms with Crippen LogP contribution in [0.5, 0.6) is 5.75 Å². The summed E-state index contributed by atoms with van der Waals surface area (Å²) in [4.78, 5) is 24.1. The summed E-state index contributed by atoms with van der Waals surface area (Å²) in [5.41, 5.74) is 2.94. The van der Waals surface area contributed by atoms with Crippen molar-refractivity contribution in [3.63, 3.8) is 0 Å². The lowest BCUT2D eigenvalue weighted by molar-refractivity contribution is -0.384. The first-order chi connectivity index (χ1) is 11.6. The lowest BCUT2D eigenvalue weighted by Gasteiger charge is -2.36. The number of anilines is 1. The average Bonchev–Trinajstić information content (AvgIpc) is 2.62. The fourth-order valence-corrected chi connectivity index (χ4v) is 3.08. The summed E-state index contributed by atoms with van der Waals surface area (Å²) < 4.78 is 5.16. The fraction of sp³-hybridized carbons (Fsp3) is 0.278. The number of rotatable bonds is 5.